The molecule has 0 radical (unpaired) electrons. The molecular formula is C39H54O7. The number of allylic oxidation sites excluding steroid dienone is 1. The standard InChI is InChI=1S/C39H54O7/c1-34(2)17-18-38(33(44)45)19-20-39(23-46-32(43)12-8-24-7-10-27(40)28(41)21-24)25(26(38)22-34)9-11-30-36(5)15-14-31(42)35(3,4)29(36)13-16-37(30,39)6/h7-10,12,21,26,29-31,40-42H,11,13-20,22-23H2,1-6H3,(H,44,45)/b12-8+/t26-,29-,30+,31-,36-,37+,38-,39-/m1/s1. The molecule has 0 heterocycles. The van der Waals surface area contributed by atoms with Crippen LogP contribution in [0.3, 0.4) is 0 Å². The smallest absolute Gasteiger partial charge is 0.330 e. The van der Waals surface area contributed by atoms with Gasteiger partial charge in [-0.15, -0.1) is 0 Å². The van der Waals surface area contributed by atoms with Gasteiger partial charge in [0.2, 0.25) is 0 Å². The zero-order chi connectivity index (χ0) is 33.5. The Labute approximate surface area is 274 Å². The maximum absolute atomic E-state index is 13.4. The number of carbonyl (C=O) groups excluding carboxylic acids is 1. The van der Waals surface area contributed by atoms with Crippen molar-refractivity contribution < 1.29 is 34.8 Å². The maximum atomic E-state index is 13.4. The fourth-order valence-corrected chi connectivity index (χ4v) is 11.8. The fourth-order valence-electron chi connectivity index (χ4n) is 11.8. The fraction of sp³-hybridized carbons (Fsp3) is 0.692. The Hall–Kier alpha value is -2.80. The first-order valence-electron chi connectivity index (χ1n) is 17.4. The third-order valence-electron chi connectivity index (χ3n) is 14.6. The molecule has 46 heavy (non-hydrogen) atoms. The highest BCUT2D eigenvalue weighted by atomic mass is 16.5. The number of carboxylic acid groups (broad SMARTS) is 1. The number of ether oxygens (including phenoxy) is 1. The molecule has 7 nitrogen and oxygen atoms in total. The van der Waals surface area contributed by atoms with Gasteiger partial charge in [-0.1, -0.05) is 59.3 Å². The lowest BCUT2D eigenvalue weighted by atomic mass is 9.33. The van der Waals surface area contributed by atoms with E-state index in [2.05, 4.69) is 47.6 Å². The molecule has 0 bridgehead atoms. The van der Waals surface area contributed by atoms with Crippen molar-refractivity contribution in [2.24, 2.45) is 50.2 Å². The summed E-state index contributed by atoms with van der Waals surface area (Å²) in [5, 5.41) is 41.4. The number of hydrogen-bond donors (Lipinski definition) is 4. The lowest BCUT2D eigenvalue weighted by molar-refractivity contribution is -0.217. The minimum Gasteiger partial charge on any atom is -0.504 e. The molecule has 1 aromatic rings. The molecule has 8 atom stereocenters. The van der Waals surface area contributed by atoms with E-state index >= 15 is 0 Å². The first-order chi connectivity index (χ1) is 21.4. The van der Waals surface area contributed by atoms with Crippen molar-refractivity contribution in [3.8, 4) is 11.5 Å². The molecule has 0 saturated heterocycles. The van der Waals surface area contributed by atoms with E-state index in [0.29, 0.717) is 36.7 Å². The number of esters is 1. The number of hydrogen-bond acceptors (Lipinski definition) is 6. The van der Waals surface area contributed by atoms with Crippen molar-refractivity contribution in [2.75, 3.05) is 6.61 Å². The van der Waals surface area contributed by atoms with E-state index < -0.39 is 22.8 Å². The second-order valence-electron chi connectivity index (χ2n) is 17.5. The van der Waals surface area contributed by atoms with Gasteiger partial charge in [0.05, 0.1) is 11.5 Å². The molecule has 0 unspecified atom stereocenters. The van der Waals surface area contributed by atoms with E-state index in [1.165, 1.54) is 23.8 Å². The summed E-state index contributed by atoms with van der Waals surface area (Å²) in [5.41, 5.74) is 0.125. The number of fused-ring (bicyclic) bond motifs is 7. The summed E-state index contributed by atoms with van der Waals surface area (Å²) < 4.78 is 6.22. The summed E-state index contributed by atoms with van der Waals surface area (Å²) in [6.45, 7) is 14.0. The Balaban J connectivity index is 1.40. The van der Waals surface area contributed by atoms with Gasteiger partial charge in [-0.2, -0.15) is 0 Å². The minimum absolute atomic E-state index is 0.00269. The van der Waals surface area contributed by atoms with Gasteiger partial charge in [-0.25, -0.2) is 4.79 Å². The summed E-state index contributed by atoms with van der Waals surface area (Å²) in [4.78, 5) is 26.5. The number of aromatic hydroxyl groups is 2. The summed E-state index contributed by atoms with van der Waals surface area (Å²) in [6, 6.07) is 4.39. The lowest BCUT2D eigenvalue weighted by Gasteiger charge is -2.71. The van der Waals surface area contributed by atoms with Crippen LogP contribution in [0.25, 0.3) is 6.08 Å². The molecule has 0 amide bonds. The van der Waals surface area contributed by atoms with Crippen LogP contribution in [0.15, 0.2) is 35.9 Å². The van der Waals surface area contributed by atoms with Gasteiger partial charge >= 0.3 is 11.9 Å². The molecule has 4 N–H and O–H groups in total. The molecule has 1 aromatic carbocycles. The molecule has 0 spiro atoms. The van der Waals surface area contributed by atoms with E-state index in [4.69, 9.17) is 4.74 Å². The number of rotatable bonds is 5. The normalized spacial score (nSPS) is 40.9. The van der Waals surface area contributed by atoms with Crippen molar-refractivity contribution in [3.63, 3.8) is 0 Å². The van der Waals surface area contributed by atoms with Gasteiger partial charge in [-0.3, -0.25) is 4.79 Å². The lowest BCUT2D eigenvalue weighted by Crippen LogP contribution is -2.66. The zero-order valence-corrected chi connectivity index (χ0v) is 28.6. The second-order valence-corrected chi connectivity index (χ2v) is 17.5. The molecule has 7 heteroatoms. The number of benzene rings is 1. The number of aliphatic hydroxyl groups excluding tert-OH is 1. The predicted molar refractivity (Wildman–Crippen MR) is 177 cm³/mol. The number of carbonyl (C=O) groups is 2. The highest BCUT2D eigenvalue weighted by Gasteiger charge is 2.70. The van der Waals surface area contributed by atoms with Gasteiger partial charge < -0.3 is 25.2 Å². The summed E-state index contributed by atoms with van der Waals surface area (Å²) in [7, 11) is 0. The maximum Gasteiger partial charge on any atom is 0.330 e. The van der Waals surface area contributed by atoms with Crippen molar-refractivity contribution >= 4 is 18.0 Å². The third-order valence-corrected chi connectivity index (χ3v) is 14.6. The molecular weight excluding hydrogens is 580 g/mol. The Morgan fingerprint density at radius 2 is 1.63 bits per heavy atom. The van der Waals surface area contributed by atoms with Crippen molar-refractivity contribution in [1.82, 2.24) is 0 Å². The topological polar surface area (TPSA) is 124 Å². The highest BCUT2D eigenvalue weighted by Crippen LogP contribution is 2.76. The highest BCUT2D eigenvalue weighted by molar-refractivity contribution is 5.87. The largest absolute Gasteiger partial charge is 0.504 e. The summed E-state index contributed by atoms with van der Waals surface area (Å²) in [5.74, 6) is -1.07. The van der Waals surface area contributed by atoms with Crippen LogP contribution >= 0.6 is 0 Å². The third kappa shape index (κ3) is 4.77. The van der Waals surface area contributed by atoms with Crippen LogP contribution in [0.2, 0.25) is 0 Å². The van der Waals surface area contributed by atoms with Gasteiger partial charge in [-0.05, 0) is 127 Å². The van der Waals surface area contributed by atoms with Crippen molar-refractivity contribution in [1.29, 1.82) is 0 Å². The van der Waals surface area contributed by atoms with Crippen LogP contribution in [0.1, 0.15) is 111 Å². The van der Waals surface area contributed by atoms with Crippen LogP contribution in [-0.2, 0) is 14.3 Å². The van der Waals surface area contributed by atoms with Gasteiger partial charge in [0.25, 0.3) is 0 Å². The molecule has 4 saturated carbocycles. The van der Waals surface area contributed by atoms with E-state index in [9.17, 15) is 30.0 Å². The average Bonchev–Trinajstić information content (AvgIpc) is 2.98. The number of aliphatic carboxylic acids is 1. The zero-order valence-electron chi connectivity index (χ0n) is 28.6. The number of phenolic OH excluding ortho intramolecular Hbond substituents is 2. The Bertz CT molecular complexity index is 1470. The van der Waals surface area contributed by atoms with Crippen LogP contribution in [0.4, 0.5) is 0 Å². The first kappa shape index (κ1) is 33.1. The van der Waals surface area contributed by atoms with E-state index in [1.54, 1.807) is 12.1 Å². The molecule has 0 aromatic heterocycles. The minimum atomic E-state index is -0.795. The van der Waals surface area contributed by atoms with Crippen LogP contribution < -0.4 is 0 Å². The average molecular weight is 635 g/mol. The number of carboxylic acids is 1. The number of phenols is 2. The summed E-state index contributed by atoms with van der Waals surface area (Å²) >= 11 is 0. The van der Waals surface area contributed by atoms with Crippen molar-refractivity contribution in [3.05, 3.63) is 41.5 Å². The van der Waals surface area contributed by atoms with Crippen LogP contribution in [0, 0.1) is 50.2 Å². The van der Waals surface area contributed by atoms with E-state index in [-0.39, 0.29) is 51.8 Å². The molecule has 0 aliphatic heterocycles. The Kier molecular flexibility index (Phi) is 7.82. The van der Waals surface area contributed by atoms with Crippen LogP contribution in [0.5, 0.6) is 11.5 Å². The monoisotopic (exact) mass is 634 g/mol. The predicted octanol–water partition coefficient (Wildman–Crippen LogP) is 7.88. The first-order valence-corrected chi connectivity index (χ1v) is 17.4. The number of aliphatic hydroxyl groups is 1. The Morgan fingerprint density at radius 1 is 0.913 bits per heavy atom. The molecule has 252 valence electrons. The van der Waals surface area contributed by atoms with Gasteiger partial charge in [0.15, 0.2) is 11.5 Å². The quantitative estimate of drug-likeness (QED) is 0.112. The summed E-state index contributed by atoms with van der Waals surface area (Å²) in [6.07, 6.45) is 13.2. The molecule has 6 rings (SSSR count). The van der Waals surface area contributed by atoms with E-state index in [1.807, 2.05) is 0 Å². The molecule has 5 aliphatic rings. The Morgan fingerprint density at radius 3 is 2.33 bits per heavy atom. The molecule has 5 aliphatic carbocycles. The van der Waals surface area contributed by atoms with Gasteiger partial charge in [0, 0.05) is 11.5 Å². The van der Waals surface area contributed by atoms with E-state index in [0.717, 1.165) is 44.9 Å². The van der Waals surface area contributed by atoms with Gasteiger partial charge in [0.1, 0.15) is 6.61 Å². The SMILES string of the molecule is CC1(C)CC[C@@]2(C(=O)O)CC[C@@]3(COC(=O)/C=C/c4ccc(O)c(O)c4)C(=CC[C@H]4[C@]5(C)CC[C@@H](O)C(C)(C)[C@H]5CC[C@@]43C)[C@H]2C1. The van der Waals surface area contributed by atoms with Crippen LogP contribution in [-0.4, -0.2) is 45.1 Å². The van der Waals surface area contributed by atoms with Crippen molar-refractivity contribution in [2.45, 2.75) is 112 Å². The second kappa shape index (κ2) is 10.9. The molecule has 4 fully saturated rings.